The van der Waals surface area contributed by atoms with Crippen LogP contribution in [0.3, 0.4) is 0 Å². The monoisotopic (exact) mass is 358 g/mol. The van der Waals surface area contributed by atoms with Gasteiger partial charge in [-0.1, -0.05) is 44.2 Å². The van der Waals surface area contributed by atoms with Crippen molar-refractivity contribution in [3.05, 3.63) is 72.6 Å². The van der Waals surface area contributed by atoms with Crippen LogP contribution in [-0.2, 0) is 0 Å². The normalized spacial score (nSPS) is 11.1. The fourth-order valence-corrected chi connectivity index (χ4v) is 3.01. The Morgan fingerprint density at radius 1 is 1.00 bits per heavy atom. The largest absolute Gasteiger partial charge is 0.497 e. The molecule has 0 unspecified atom stereocenters. The van der Waals surface area contributed by atoms with Gasteiger partial charge in [0.15, 0.2) is 5.65 Å². The minimum Gasteiger partial charge on any atom is -0.497 e. The van der Waals surface area contributed by atoms with Crippen molar-refractivity contribution in [2.45, 2.75) is 19.8 Å². The number of hydrogen-bond acceptors (Lipinski definition) is 4. The van der Waals surface area contributed by atoms with E-state index in [1.807, 2.05) is 53.2 Å². The Bertz CT molecular complexity index is 1050. The van der Waals surface area contributed by atoms with E-state index in [-0.39, 0.29) is 0 Å². The summed E-state index contributed by atoms with van der Waals surface area (Å²) in [5, 5.41) is 8.06. The molecule has 0 saturated carbocycles. The Morgan fingerprint density at radius 3 is 2.41 bits per heavy atom. The SMILES string of the molecule is COc1ccc(Nc2cc(C(C)C)nc3c(-c4ccccc4)cnn23)cc1. The molecule has 0 bridgehead atoms. The van der Waals surface area contributed by atoms with Crippen molar-refractivity contribution in [1.82, 2.24) is 14.6 Å². The minimum absolute atomic E-state index is 0.310. The zero-order valence-electron chi connectivity index (χ0n) is 15.7. The fraction of sp³-hybridized carbons (Fsp3) is 0.182. The van der Waals surface area contributed by atoms with E-state index in [1.54, 1.807) is 7.11 Å². The van der Waals surface area contributed by atoms with Gasteiger partial charge >= 0.3 is 0 Å². The average molecular weight is 358 g/mol. The number of nitrogens with one attached hydrogen (secondary N) is 1. The van der Waals surface area contributed by atoms with Gasteiger partial charge in [0.2, 0.25) is 0 Å². The van der Waals surface area contributed by atoms with Crippen LogP contribution >= 0.6 is 0 Å². The Labute approximate surface area is 158 Å². The second-order valence-corrected chi connectivity index (χ2v) is 6.73. The molecular formula is C22H22N4O. The molecule has 136 valence electrons. The number of hydrogen-bond donors (Lipinski definition) is 1. The van der Waals surface area contributed by atoms with Gasteiger partial charge in [0.25, 0.3) is 0 Å². The lowest BCUT2D eigenvalue weighted by atomic mass is 10.1. The zero-order chi connectivity index (χ0) is 18.8. The summed E-state index contributed by atoms with van der Waals surface area (Å²) in [6, 6.07) is 20.1. The van der Waals surface area contributed by atoms with E-state index in [0.717, 1.165) is 39.7 Å². The van der Waals surface area contributed by atoms with E-state index in [0.29, 0.717) is 5.92 Å². The van der Waals surface area contributed by atoms with E-state index in [2.05, 4.69) is 42.5 Å². The summed E-state index contributed by atoms with van der Waals surface area (Å²) in [6.45, 7) is 4.29. The minimum atomic E-state index is 0.310. The molecule has 0 spiro atoms. The molecule has 5 heteroatoms. The molecule has 0 aliphatic carbocycles. The van der Waals surface area contributed by atoms with Crippen LogP contribution in [0.15, 0.2) is 66.9 Å². The van der Waals surface area contributed by atoms with E-state index in [9.17, 15) is 0 Å². The quantitative estimate of drug-likeness (QED) is 0.528. The van der Waals surface area contributed by atoms with Crippen LogP contribution in [0.1, 0.15) is 25.5 Å². The van der Waals surface area contributed by atoms with Crippen molar-refractivity contribution in [2.24, 2.45) is 0 Å². The van der Waals surface area contributed by atoms with Gasteiger partial charge in [-0.05, 0) is 35.7 Å². The fourth-order valence-electron chi connectivity index (χ4n) is 3.01. The van der Waals surface area contributed by atoms with Gasteiger partial charge in [-0.25, -0.2) is 4.98 Å². The molecule has 1 N–H and O–H groups in total. The van der Waals surface area contributed by atoms with Crippen molar-refractivity contribution in [3.8, 4) is 16.9 Å². The highest BCUT2D eigenvalue weighted by atomic mass is 16.5. The van der Waals surface area contributed by atoms with E-state index < -0.39 is 0 Å². The lowest BCUT2D eigenvalue weighted by Gasteiger charge is -2.13. The summed E-state index contributed by atoms with van der Waals surface area (Å²) in [4.78, 5) is 4.88. The lowest BCUT2D eigenvalue weighted by Crippen LogP contribution is -2.05. The first kappa shape index (κ1) is 17.1. The summed E-state index contributed by atoms with van der Waals surface area (Å²) in [5.41, 5.74) is 4.97. The van der Waals surface area contributed by atoms with Crippen LogP contribution in [0.2, 0.25) is 0 Å². The zero-order valence-corrected chi connectivity index (χ0v) is 15.7. The highest BCUT2D eigenvalue weighted by Gasteiger charge is 2.14. The first-order chi connectivity index (χ1) is 13.2. The third-order valence-electron chi connectivity index (χ3n) is 4.53. The first-order valence-corrected chi connectivity index (χ1v) is 9.01. The molecule has 5 nitrogen and oxygen atoms in total. The van der Waals surface area contributed by atoms with Gasteiger partial charge in [-0.3, -0.25) is 0 Å². The van der Waals surface area contributed by atoms with Gasteiger partial charge in [-0.15, -0.1) is 0 Å². The molecular weight excluding hydrogens is 336 g/mol. The number of methoxy groups -OCH3 is 1. The van der Waals surface area contributed by atoms with Crippen LogP contribution in [0.4, 0.5) is 11.5 Å². The molecule has 4 rings (SSSR count). The van der Waals surface area contributed by atoms with Gasteiger partial charge in [0.1, 0.15) is 11.6 Å². The van der Waals surface area contributed by atoms with E-state index in [1.165, 1.54) is 0 Å². The van der Waals surface area contributed by atoms with Crippen LogP contribution in [0, 0.1) is 0 Å². The van der Waals surface area contributed by atoms with Crippen LogP contribution in [-0.4, -0.2) is 21.7 Å². The van der Waals surface area contributed by atoms with Gasteiger partial charge in [0, 0.05) is 23.0 Å². The summed E-state index contributed by atoms with van der Waals surface area (Å²) in [5.74, 6) is 2.02. The summed E-state index contributed by atoms with van der Waals surface area (Å²) < 4.78 is 7.10. The molecule has 0 fully saturated rings. The Morgan fingerprint density at radius 2 is 1.74 bits per heavy atom. The van der Waals surface area contributed by atoms with Gasteiger partial charge in [-0.2, -0.15) is 9.61 Å². The predicted octanol–water partition coefficient (Wildman–Crippen LogP) is 5.27. The van der Waals surface area contributed by atoms with E-state index in [4.69, 9.17) is 9.72 Å². The smallest absolute Gasteiger partial charge is 0.165 e. The summed E-state index contributed by atoms with van der Waals surface area (Å²) in [7, 11) is 1.67. The first-order valence-electron chi connectivity index (χ1n) is 9.01. The summed E-state index contributed by atoms with van der Waals surface area (Å²) in [6.07, 6.45) is 1.88. The summed E-state index contributed by atoms with van der Waals surface area (Å²) >= 11 is 0. The number of ether oxygens (including phenoxy) is 1. The van der Waals surface area contributed by atoms with Crippen LogP contribution in [0.25, 0.3) is 16.8 Å². The van der Waals surface area contributed by atoms with Crippen molar-refractivity contribution in [1.29, 1.82) is 0 Å². The third kappa shape index (κ3) is 3.36. The number of nitrogens with zero attached hydrogens (tertiary/aromatic N) is 3. The molecule has 2 aromatic heterocycles. The molecule has 0 radical (unpaired) electrons. The molecule has 2 aromatic carbocycles. The van der Waals surface area contributed by atoms with Crippen molar-refractivity contribution >= 4 is 17.2 Å². The molecule has 0 aliphatic rings. The lowest BCUT2D eigenvalue weighted by molar-refractivity contribution is 0.415. The molecule has 0 amide bonds. The number of rotatable bonds is 5. The molecule has 2 heterocycles. The molecule has 0 atom stereocenters. The molecule has 0 saturated heterocycles. The van der Waals surface area contributed by atoms with Crippen LogP contribution < -0.4 is 10.1 Å². The number of fused-ring (bicyclic) bond motifs is 1. The molecule has 0 aliphatic heterocycles. The topological polar surface area (TPSA) is 51.5 Å². The molecule has 4 aromatic rings. The van der Waals surface area contributed by atoms with Crippen molar-refractivity contribution in [2.75, 3.05) is 12.4 Å². The highest BCUT2D eigenvalue weighted by molar-refractivity contribution is 5.78. The predicted molar refractivity (Wildman–Crippen MR) is 109 cm³/mol. The maximum Gasteiger partial charge on any atom is 0.165 e. The number of benzene rings is 2. The standard InChI is InChI=1S/C22H22N4O/c1-15(2)20-13-21(24-17-9-11-18(27-3)12-10-17)26-22(25-20)19(14-23-26)16-7-5-4-6-8-16/h4-15,24H,1-3H3. The maximum absolute atomic E-state index is 5.24. The maximum atomic E-state index is 5.24. The van der Waals surface area contributed by atoms with Crippen LogP contribution in [0.5, 0.6) is 5.75 Å². The second-order valence-electron chi connectivity index (χ2n) is 6.73. The Kier molecular flexibility index (Phi) is 4.50. The van der Waals surface area contributed by atoms with Gasteiger partial charge < -0.3 is 10.1 Å². The second kappa shape index (κ2) is 7.11. The van der Waals surface area contributed by atoms with Gasteiger partial charge in [0.05, 0.1) is 13.3 Å². The van der Waals surface area contributed by atoms with Crippen molar-refractivity contribution < 1.29 is 4.74 Å². The third-order valence-corrected chi connectivity index (χ3v) is 4.53. The van der Waals surface area contributed by atoms with E-state index >= 15 is 0 Å². The number of anilines is 2. The molecule has 27 heavy (non-hydrogen) atoms. The Balaban J connectivity index is 1.82. The average Bonchev–Trinajstić information content (AvgIpc) is 3.13. The van der Waals surface area contributed by atoms with Crippen molar-refractivity contribution in [3.63, 3.8) is 0 Å². The highest BCUT2D eigenvalue weighted by Crippen LogP contribution is 2.29. The Hall–Kier alpha value is -3.34. The number of aromatic nitrogens is 3.